The zero-order valence-electron chi connectivity index (χ0n) is 14.7. The molecule has 3 aromatic carbocycles. The number of halogens is 1. The van der Waals surface area contributed by atoms with Crippen molar-refractivity contribution in [2.75, 3.05) is 11.4 Å². The van der Waals surface area contributed by atoms with Crippen molar-refractivity contribution in [2.24, 2.45) is 0 Å². The van der Waals surface area contributed by atoms with Gasteiger partial charge in [0, 0.05) is 5.69 Å². The molecule has 3 aromatic rings. The molecule has 1 N–H and O–H groups in total. The molecular weight excluding hydrogens is 377 g/mol. The van der Waals surface area contributed by atoms with Crippen molar-refractivity contribution in [1.82, 2.24) is 0 Å². The number of hydrogen-bond acceptors (Lipinski definition) is 2. The molecule has 0 fully saturated rings. The van der Waals surface area contributed by atoms with Crippen molar-refractivity contribution in [3.8, 4) is 0 Å². The van der Waals surface area contributed by atoms with Gasteiger partial charge in [0.15, 0.2) is 11.1 Å². The fraction of sp³-hybridized carbons (Fsp3) is 0.0455. The standard InChI is InChI=1S/C22H16FNO3S/c23-17-10-6-16(7-11-17)21-20(15-8-12-19(13-9-15)28(26)27)14-24(22(21)25)18-4-2-1-3-5-18/h1-13H,14H2,(H,26,27). The monoisotopic (exact) mass is 393 g/mol. The summed E-state index contributed by atoms with van der Waals surface area (Å²) in [6, 6.07) is 21.8. The average Bonchev–Trinajstić information content (AvgIpc) is 3.06. The van der Waals surface area contributed by atoms with Crippen molar-refractivity contribution >= 4 is 33.8 Å². The summed E-state index contributed by atoms with van der Waals surface area (Å²) in [7, 11) is 0. The Kier molecular flexibility index (Phi) is 4.90. The largest absolute Gasteiger partial charge is 0.304 e. The van der Waals surface area contributed by atoms with E-state index >= 15 is 0 Å². The van der Waals surface area contributed by atoms with Crippen LogP contribution in [-0.2, 0) is 15.9 Å². The number of nitrogens with zero attached hydrogens (tertiary/aromatic N) is 1. The number of carbonyl (C=O) groups is 1. The van der Waals surface area contributed by atoms with Crippen LogP contribution in [0.3, 0.4) is 0 Å². The molecule has 0 saturated carbocycles. The number of anilines is 1. The predicted molar refractivity (Wildman–Crippen MR) is 107 cm³/mol. The van der Waals surface area contributed by atoms with E-state index in [1.165, 1.54) is 12.1 Å². The second-order valence-electron chi connectivity index (χ2n) is 6.36. The van der Waals surface area contributed by atoms with E-state index in [2.05, 4.69) is 0 Å². The van der Waals surface area contributed by atoms with E-state index in [4.69, 9.17) is 0 Å². The minimum absolute atomic E-state index is 0.164. The molecule has 28 heavy (non-hydrogen) atoms. The summed E-state index contributed by atoms with van der Waals surface area (Å²) in [5.41, 5.74) is 3.47. The first-order valence-electron chi connectivity index (χ1n) is 8.62. The molecule has 0 aliphatic carbocycles. The Morgan fingerprint density at radius 2 is 1.46 bits per heavy atom. The Morgan fingerprint density at radius 3 is 2.07 bits per heavy atom. The molecule has 0 aromatic heterocycles. The minimum Gasteiger partial charge on any atom is -0.304 e. The zero-order chi connectivity index (χ0) is 19.7. The highest BCUT2D eigenvalue weighted by Gasteiger charge is 2.32. The maximum Gasteiger partial charge on any atom is 0.259 e. The normalized spacial score (nSPS) is 15.2. The lowest BCUT2D eigenvalue weighted by Gasteiger charge is -2.17. The van der Waals surface area contributed by atoms with Crippen LogP contribution in [0, 0.1) is 5.82 Å². The summed E-state index contributed by atoms with van der Waals surface area (Å²) in [4.78, 5) is 15.2. The topological polar surface area (TPSA) is 57.6 Å². The Balaban J connectivity index is 1.82. The third-order valence-electron chi connectivity index (χ3n) is 4.68. The third-order valence-corrected chi connectivity index (χ3v) is 5.36. The SMILES string of the molecule is O=C1C(c2ccc(F)cc2)=C(c2ccc(S(=O)O)cc2)CN1c1ccccc1. The number of para-hydroxylation sites is 1. The predicted octanol–water partition coefficient (Wildman–Crippen LogP) is 4.36. The lowest BCUT2D eigenvalue weighted by molar-refractivity contribution is -0.112. The van der Waals surface area contributed by atoms with Crippen molar-refractivity contribution in [3.05, 3.63) is 95.8 Å². The molecule has 0 bridgehead atoms. The van der Waals surface area contributed by atoms with Gasteiger partial charge < -0.3 is 9.45 Å². The van der Waals surface area contributed by atoms with Crippen LogP contribution in [-0.4, -0.2) is 21.2 Å². The maximum absolute atomic E-state index is 13.4. The van der Waals surface area contributed by atoms with Crippen molar-refractivity contribution in [1.29, 1.82) is 0 Å². The Labute approximate surface area is 164 Å². The van der Waals surface area contributed by atoms with E-state index in [9.17, 15) is 17.9 Å². The van der Waals surface area contributed by atoms with Crippen LogP contribution in [0.4, 0.5) is 10.1 Å². The van der Waals surface area contributed by atoms with Crippen LogP contribution in [0.1, 0.15) is 11.1 Å². The zero-order valence-corrected chi connectivity index (χ0v) is 15.5. The van der Waals surface area contributed by atoms with Gasteiger partial charge in [-0.2, -0.15) is 0 Å². The van der Waals surface area contributed by atoms with E-state index in [-0.39, 0.29) is 16.6 Å². The summed E-state index contributed by atoms with van der Waals surface area (Å²) in [5, 5.41) is 0. The van der Waals surface area contributed by atoms with Crippen LogP contribution < -0.4 is 4.90 Å². The molecule has 1 heterocycles. The van der Waals surface area contributed by atoms with Crippen molar-refractivity contribution in [3.63, 3.8) is 0 Å². The Morgan fingerprint density at radius 1 is 0.857 bits per heavy atom. The molecule has 6 heteroatoms. The Hall–Kier alpha value is -3.09. The first-order valence-corrected chi connectivity index (χ1v) is 9.72. The highest BCUT2D eigenvalue weighted by Crippen LogP contribution is 2.37. The molecule has 1 aliphatic rings. The van der Waals surface area contributed by atoms with Crippen LogP contribution in [0.2, 0.25) is 0 Å². The molecule has 4 rings (SSSR count). The van der Waals surface area contributed by atoms with Gasteiger partial charge in [0.1, 0.15) is 5.82 Å². The highest BCUT2D eigenvalue weighted by atomic mass is 32.2. The fourth-order valence-corrected chi connectivity index (χ4v) is 3.68. The van der Waals surface area contributed by atoms with Crippen molar-refractivity contribution in [2.45, 2.75) is 4.90 Å². The lowest BCUT2D eigenvalue weighted by Crippen LogP contribution is -2.26. The van der Waals surface area contributed by atoms with Gasteiger partial charge >= 0.3 is 0 Å². The van der Waals surface area contributed by atoms with Gasteiger partial charge in [-0.1, -0.05) is 42.5 Å². The van der Waals surface area contributed by atoms with E-state index in [1.807, 2.05) is 30.3 Å². The van der Waals surface area contributed by atoms with Crippen LogP contribution in [0.25, 0.3) is 11.1 Å². The van der Waals surface area contributed by atoms with Crippen molar-refractivity contribution < 1.29 is 17.9 Å². The van der Waals surface area contributed by atoms with Gasteiger partial charge in [0.05, 0.1) is 17.0 Å². The third kappa shape index (κ3) is 3.40. The molecular formula is C22H16FNO3S. The van der Waals surface area contributed by atoms with Gasteiger partial charge in [0.2, 0.25) is 0 Å². The van der Waals surface area contributed by atoms with Crippen LogP contribution in [0.5, 0.6) is 0 Å². The average molecular weight is 393 g/mol. The van der Waals surface area contributed by atoms with Crippen LogP contribution >= 0.6 is 0 Å². The van der Waals surface area contributed by atoms with E-state index in [0.29, 0.717) is 17.7 Å². The molecule has 140 valence electrons. The van der Waals surface area contributed by atoms with Gasteiger partial charge in [-0.05, 0) is 53.1 Å². The second-order valence-corrected chi connectivity index (χ2v) is 7.33. The van der Waals surface area contributed by atoms with E-state index < -0.39 is 11.1 Å². The molecule has 0 saturated heterocycles. The minimum atomic E-state index is -2.06. The smallest absolute Gasteiger partial charge is 0.259 e. The molecule has 1 aliphatic heterocycles. The summed E-state index contributed by atoms with van der Waals surface area (Å²) >= 11 is -2.06. The summed E-state index contributed by atoms with van der Waals surface area (Å²) in [6.45, 7) is 0.358. The molecule has 4 nitrogen and oxygen atoms in total. The number of hydrogen-bond donors (Lipinski definition) is 1. The molecule has 1 atom stereocenters. The lowest BCUT2D eigenvalue weighted by atomic mass is 9.97. The van der Waals surface area contributed by atoms with Gasteiger partial charge in [-0.15, -0.1) is 0 Å². The van der Waals surface area contributed by atoms with Crippen LogP contribution in [0.15, 0.2) is 83.8 Å². The summed E-state index contributed by atoms with van der Waals surface area (Å²) in [6.07, 6.45) is 0. The van der Waals surface area contributed by atoms with E-state index in [0.717, 1.165) is 16.8 Å². The first kappa shape index (κ1) is 18.3. The van der Waals surface area contributed by atoms with Gasteiger partial charge in [-0.25, -0.2) is 8.60 Å². The van der Waals surface area contributed by atoms with Gasteiger partial charge in [0.25, 0.3) is 5.91 Å². The quantitative estimate of drug-likeness (QED) is 0.670. The second kappa shape index (κ2) is 7.50. The fourth-order valence-electron chi connectivity index (χ4n) is 3.31. The molecule has 1 amide bonds. The number of rotatable bonds is 4. The summed E-state index contributed by atoms with van der Waals surface area (Å²) in [5.74, 6) is -0.534. The number of carbonyl (C=O) groups excluding carboxylic acids is 1. The summed E-state index contributed by atoms with van der Waals surface area (Å²) < 4.78 is 33.9. The first-order chi connectivity index (χ1) is 13.5. The number of amides is 1. The Bertz CT molecular complexity index is 1080. The van der Waals surface area contributed by atoms with E-state index in [1.54, 1.807) is 41.3 Å². The maximum atomic E-state index is 13.4. The highest BCUT2D eigenvalue weighted by molar-refractivity contribution is 7.79. The molecule has 0 spiro atoms. The molecule has 1 unspecified atom stereocenters. The van der Waals surface area contributed by atoms with Gasteiger partial charge in [-0.3, -0.25) is 4.79 Å². The number of benzene rings is 3. The molecule has 0 radical (unpaired) electrons.